The van der Waals surface area contributed by atoms with Gasteiger partial charge in [0.15, 0.2) is 0 Å². The van der Waals surface area contributed by atoms with E-state index in [0.29, 0.717) is 0 Å². The van der Waals surface area contributed by atoms with Gasteiger partial charge in [0.2, 0.25) is 0 Å². The van der Waals surface area contributed by atoms with E-state index >= 15 is 0 Å². The third-order valence-electron chi connectivity index (χ3n) is 2.52. The molecular formula is C13H12Br2N2. The standard InChI is InChI=1S/C13H12Br2N2/c14-12-3-1-10(16)6-8(12)5-9-7-11(17)2-4-13(9)15/h1-4,6-7H,5,16-17H2. The van der Waals surface area contributed by atoms with Crippen molar-refractivity contribution in [2.75, 3.05) is 11.5 Å². The van der Waals surface area contributed by atoms with Gasteiger partial charge < -0.3 is 11.5 Å². The Hall–Kier alpha value is -1.00. The molecule has 0 aromatic heterocycles. The van der Waals surface area contributed by atoms with Gasteiger partial charge in [-0.15, -0.1) is 0 Å². The first kappa shape index (κ1) is 12.5. The van der Waals surface area contributed by atoms with Gasteiger partial charge in [-0.2, -0.15) is 0 Å². The number of benzene rings is 2. The predicted molar refractivity (Wildman–Crippen MR) is 79.9 cm³/mol. The lowest BCUT2D eigenvalue weighted by molar-refractivity contribution is 1.17. The highest BCUT2D eigenvalue weighted by atomic mass is 79.9. The molecule has 0 aliphatic rings. The first-order chi connectivity index (χ1) is 8.06. The Kier molecular flexibility index (Phi) is 3.74. The van der Waals surface area contributed by atoms with Gasteiger partial charge in [-0.1, -0.05) is 31.9 Å². The number of hydrogen-bond donors (Lipinski definition) is 2. The van der Waals surface area contributed by atoms with Crippen molar-refractivity contribution in [2.24, 2.45) is 0 Å². The van der Waals surface area contributed by atoms with E-state index in [1.807, 2.05) is 36.4 Å². The molecule has 4 heteroatoms. The summed E-state index contributed by atoms with van der Waals surface area (Å²) in [6.07, 6.45) is 0.789. The normalized spacial score (nSPS) is 10.5. The molecular weight excluding hydrogens is 344 g/mol. The van der Waals surface area contributed by atoms with Crippen LogP contribution >= 0.6 is 31.9 Å². The smallest absolute Gasteiger partial charge is 0.0317 e. The van der Waals surface area contributed by atoms with E-state index in [4.69, 9.17) is 11.5 Å². The second kappa shape index (κ2) is 5.10. The molecule has 0 amide bonds. The number of hydrogen-bond acceptors (Lipinski definition) is 2. The highest BCUT2D eigenvalue weighted by Gasteiger charge is 2.06. The van der Waals surface area contributed by atoms with Crippen LogP contribution in [0.2, 0.25) is 0 Å². The van der Waals surface area contributed by atoms with E-state index < -0.39 is 0 Å². The molecule has 0 bridgehead atoms. The maximum absolute atomic E-state index is 5.79. The summed E-state index contributed by atoms with van der Waals surface area (Å²) in [5, 5.41) is 0. The maximum Gasteiger partial charge on any atom is 0.0317 e. The topological polar surface area (TPSA) is 52.0 Å². The fourth-order valence-electron chi connectivity index (χ4n) is 1.67. The first-order valence-electron chi connectivity index (χ1n) is 5.14. The molecule has 88 valence electrons. The van der Waals surface area contributed by atoms with Crippen LogP contribution in [-0.4, -0.2) is 0 Å². The number of nitrogens with two attached hydrogens (primary N) is 2. The average molecular weight is 356 g/mol. The van der Waals surface area contributed by atoms with Crippen LogP contribution in [0.4, 0.5) is 11.4 Å². The fourth-order valence-corrected chi connectivity index (χ4v) is 2.44. The van der Waals surface area contributed by atoms with Gasteiger partial charge in [0.1, 0.15) is 0 Å². The zero-order valence-electron chi connectivity index (χ0n) is 9.08. The average Bonchev–Trinajstić information content (AvgIpc) is 2.28. The molecule has 4 N–H and O–H groups in total. The lowest BCUT2D eigenvalue weighted by Gasteiger charge is -2.08. The zero-order chi connectivity index (χ0) is 12.4. The molecule has 2 nitrogen and oxygen atoms in total. The first-order valence-corrected chi connectivity index (χ1v) is 6.72. The summed E-state index contributed by atoms with van der Waals surface area (Å²) < 4.78 is 2.11. The van der Waals surface area contributed by atoms with Crippen molar-refractivity contribution in [3.8, 4) is 0 Å². The molecule has 0 saturated heterocycles. The number of nitrogen functional groups attached to an aromatic ring is 2. The Morgan fingerprint density at radius 2 is 1.18 bits per heavy atom. The molecule has 0 saturated carbocycles. The lowest BCUT2D eigenvalue weighted by atomic mass is 10.0. The molecule has 2 aromatic carbocycles. The van der Waals surface area contributed by atoms with Crippen molar-refractivity contribution >= 4 is 43.2 Å². The minimum Gasteiger partial charge on any atom is -0.399 e. The summed E-state index contributed by atoms with van der Waals surface area (Å²) in [6.45, 7) is 0. The summed E-state index contributed by atoms with van der Waals surface area (Å²) in [7, 11) is 0. The third-order valence-corrected chi connectivity index (χ3v) is 4.07. The Morgan fingerprint density at radius 3 is 1.59 bits per heavy atom. The molecule has 2 rings (SSSR count). The minimum atomic E-state index is 0.767. The van der Waals surface area contributed by atoms with Crippen LogP contribution in [0.15, 0.2) is 45.3 Å². The van der Waals surface area contributed by atoms with E-state index in [-0.39, 0.29) is 0 Å². The Balaban J connectivity index is 2.37. The molecule has 17 heavy (non-hydrogen) atoms. The van der Waals surface area contributed by atoms with E-state index in [9.17, 15) is 0 Å². The van der Waals surface area contributed by atoms with Crippen molar-refractivity contribution in [1.29, 1.82) is 0 Å². The molecule has 0 unspecified atom stereocenters. The second-order valence-electron chi connectivity index (χ2n) is 3.88. The van der Waals surface area contributed by atoms with Gasteiger partial charge in [-0.25, -0.2) is 0 Å². The molecule has 0 aliphatic heterocycles. The monoisotopic (exact) mass is 354 g/mol. The number of rotatable bonds is 2. The summed E-state index contributed by atoms with van der Waals surface area (Å²) in [5.41, 5.74) is 15.4. The summed E-state index contributed by atoms with van der Waals surface area (Å²) in [5.74, 6) is 0. The predicted octanol–water partition coefficient (Wildman–Crippen LogP) is 3.97. The van der Waals surface area contributed by atoms with Crippen molar-refractivity contribution in [1.82, 2.24) is 0 Å². The van der Waals surface area contributed by atoms with Gasteiger partial charge in [0.25, 0.3) is 0 Å². The number of halogens is 2. The van der Waals surface area contributed by atoms with Crippen molar-refractivity contribution in [3.05, 3.63) is 56.5 Å². The minimum absolute atomic E-state index is 0.767. The summed E-state index contributed by atoms with van der Waals surface area (Å²) >= 11 is 7.06. The summed E-state index contributed by atoms with van der Waals surface area (Å²) in [4.78, 5) is 0. The lowest BCUT2D eigenvalue weighted by Crippen LogP contribution is -1.95. The van der Waals surface area contributed by atoms with Gasteiger partial charge in [-0.3, -0.25) is 0 Å². The SMILES string of the molecule is Nc1ccc(Br)c(Cc2cc(N)ccc2Br)c1. The van der Waals surface area contributed by atoms with Crippen molar-refractivity contribution in [3.63, 3.8) is 0 Å². The maximum atomic E-state index is 5.79. The van der Waals surface area contributed by atoms with Gasteiger partial charge in [0, 0.05) is 20.3 Å². The zero-order valence-corrected chi connectivity index (χ0v) is 12.3. The molecule has 0 aliphatic carbocycles. The van der Waals surface area contributed by atoms with E-state index in [1.165, 1.54) is 0 Å². The van der Waals surface area contributed by atoms with Gasteiger partial charge in [0.05, 0.1) is 0 Å². The highest BCUT2D eigenvalue weighted by Crippen LogP contribution is 2.27. The number of anilines is 2. The van der Waals surface area contributed by atoms with Crippen LogP contribution in [0.25, 0.3) is 0 Å². The van der Waals surface area contributed by atoms with Crippen LogP contribution < -0.4 is 11.5 Å². The van der Waals surface area contributed by atoms with Crippen molar-refractivity contribution < 1.29 is 0 Å². The molecule has 0 spiro atoms. The van der Waals surface area contributed by atoms with Gasteiger partial charge >= 0.3 is 0 Å². The Bertz CT molecular complexity index is 504. The summed E-state index contributed by atoms with van der Waals surface area (Å²) in [6, 6.07) is 11.6. The van der Waals surface area contributed by atoms with E-state index in [0.717, 1.165) is 37.9 Å². The second-order valence-corrected chi connectivity index (χ2v) is 5.59. The van der Waals surface area contributed by atoms with Crippen LogP contribution in [0.3, 0.4) is 0 Å². The Labute approximate surface area is 117 Å². The van der Waals surface area contributed by atoms with Crippen LogP contribution in [0.5, 0.6) is 0 Å². The highest BCUT2D eigenvalue weighted by molar-refractivity contribution is 9.10. The van der Waals surface area contributed by atoms with E-state index in [1.54, 1.807) is 0 Å². The van der Waals surface area contributed by atoms with Crippen LogP contribution in [0.1, 0.15) is 11.1 Å². The van der Waals surface area contributed by atoms with Crippen LogP contribution in [0, 0.1) is 0 Å². The van der Waals surface area contributed by atoms with E-state index in [2.05, 4.69) is 31.9 Å². The molecule has 0 fully saturated rings. The molecule has 2 aromatic rings. The Morgan fingerprint density at radius 1 is 0.765 bits per heavy atom. The van der Waals surface area contributed by atoms with Gasteiger partial charge in [-0.05, 0) is 53.9 Å². The van der Waals surface area contributed by atoms with Crippen molar-refractivity contribution in [2.45, 2.75) is 6.42 Å². The molecule has 0 atom stereocenters. The quantitative estimate of drug-likeness (QED) is 0.801. The molecule has 0 heterocycles. The fraction of sp³-hybridized carbons (Fsp3) is 0.0769. The molecule has 0 radical (unpaired) electrons. The third kappa shape index (κ3) is 3.01. The van der Waals surface area contributed by atoms with Crippen LogP contribution in [-0.2, 0) is 6.42 Å². The largest absolute Gasteiger partial charge is 0.399 e.